The minimum absolute atomic E-state index is 0.0246. The Balaban J connectivity index is 2.25. The zero-order valence-electron chi connectivity index (χ0n) is 12.1. The predicted molar refractivity (Wildman–Crippen MR) is 84.5 cm³/mol. The van der Waals surface area contributed by atoms with Crippen molar-refractivity contribution in [3.63, 3.8) is 0 Å². The Morgan fingerprint density at radius 1 is 1.18 bits per heavy atom. The number of aromatic hydroxyl groups is 1. The molecule has 0 aliphatic heterocycles. The largest absolute Gasteiger partial charge is 0.508 e. The second kappa shape index (κ2) is 9.69. The van der Waals surface area contributed by atoms with Crippen LogP contribution in [0.4, 0.5) is 5.69 Å². The third kappa shape index (κ3) is 7.55. The summed E-state index contributed by atoms with van der Waals surface area (Å²) >= 11 is 4.97. The van der Waals surface area contributed by atoms with Gasteiger partial charge < -0.3 is 25.2 Å². The highest BCUT2D eigenvalue weighted by atomic mass is 32.1. The molecule has 1 aromatic rings. The standard InChI is InChI=1S/C14H18N2O5S/c1-20-8-9-21-13(19)7-6-12(18)16-14(22)15-10-2-4-11(17)5-3-10/h2-5,17H,6-9H2,1H3,(H2,15,16,18,22). The molecule has 0 aromatic heterocycles. The van der Waals surface area contributed by atoms with Gasteiger partial charge in [0.05, 0.1) is 13.0 Å². The molecule has 0 atom stereocenters. The molecule has 1 amide bonds. The third-order valence-corrected chi connectivity index (χ3v) is 2.69. The van der Waals surface area contributed by atoms with Crippen molar-refractivity contribution in [3.8, 4) is 5.75 Å². The van der Waals surface area contributed by atoms with Crippen LogP contribution in [0.3, 0.4) is 0 Å². The molecule has 0 saturated heterocycles. The van der Waals surface area contributed by atoms with E-state index in [0.29, 0.717) is 12.3 Å². The van der Waals surface area contributed by atoms with E-state index >= 15 is 0 Å². The first kappa shape index (κ1) is 17.9. The van der Waals surface area contributed by atoms with Crippen LogP contribution in [0.5, 0.6) is 5.75 Å². The normalized spacial score (nSPS) is 9.86. The lowest BCUT2D eigenvalue weighted by molar-refractivity contribution is -0.146. The number of ether oxygens (including phenoxy) is 2. The number of methoxy groups -OCH3 is 1. The second-order valence-electron chi connectivity index (χ2n) is 4.26. The summed E-state index contributed by atoms with van der Waals surface area (Å²) in [6.45, 7) is 0.482. The number of amides is 1. The molecule has 7 nitrogen and oxygen atoms in total. The molecule has 0 bridgehead atoms. The van der Waals surface area contributed by atoms with Gasteiger partial charge in [0.25, 0.3) is 0 Å². The highest BCUT2D eigenvalue weighted by Gasteiger charge is 2.09. The Bertz CT molecular complexity index is 518. The SMILES string of the molecule is COCCOC(=O)CCC(=O)NC(=S)Nc1ccc(O)cc1. The number of anilines is 1. The number of phenols is 1. The monoisotopic (exact) mass is 326 g/mol. The van der Waals surface area contributed by atoms with Crippen LogP contribution >= 0.6 is 12.2 Å². The molecule has 0 fully saturated rings. The lowest BCUT2D eigenvalue weighted by atomic mass is 10.3. The van der Waals surface area contributed by atoms with Gasteiger partial charge in [0.2, 0.25) is 5.91 Å². The fourth-order valence-electron chi connectivity index (χ4n) is 1.42. The lowest BCUT2D eigenvalue weighted by Gasteiger charge is -2.09. The van der Waals surface area contributed by atoms with Gasteiger partial charge in [-0.2, -0.15) is 0 Å². The molecule has 3 N–H and O–H groups in total. The van der Waals surface area contributed by atoms with Crippen LogP contribution in [-0.4, -0.2) is 42.4 Å². The minimum Gasteiger partial charge on any atom is -0.508 e. The maximum absolute atomic E-state index is 11.6. The second-order valence-corrected chi connectivity index (χ2v) is 4.67. The van der Waals surface area contributed by atoms with Gasteiger partial charge in [-0.3, -0.25) is 9.59 Å². The molecule has 22 heavy (non-hydrogen) atoms. The summed E-state index contributed by atoms with van der Waals surface area (Å²) in [5.74, 6) is -0.725. The zero-order valence-corrected chi connectivity index (χ0v) is 12.9. The molecule has 0 saturated carbocycles. The zero-order chi connectivity index (χ0) is 16.4. The number of thiocarbonyl (C=S) groups is 1. The van der Waals surface area contributed by atoms with Gasteiger partial charge in [0.1, 0.15) is 12.4 Å². The first-order valence-corrected chi connectivity index (χ1v) is 6.96. The molecular formula is C14H18N2O5S. The Labute approximate surface area is 133 Å². The number of hydrogen-bond acceptors (Lipinski definition) is 6. The predicted octanol–water partition coefficient (Wildman–Crippen LogP) is 1.17. The number of esters is 1. The topological polar surface area (TPSA) is 96.9 Å². The van der Waals surface area contributed by atoms with Crippen LogP contribution in [0.15, 0.2) is 24.3 Å². The summed E-state index contributed by atoms with van der Waals surface area (Å²) in [6, 6.07) is 6.20. The molecule has 0 aliphatic carbocycles. The molecule has 1 aromatic carbocycles. The molecule has 0 spiro atoms. The average Bonchev–Trinajstić information content (AvgIpc) is 2.48. The molecule has 0 aliphatic rings. The van der Waals surface area contributed by atoms with Gasteiger partial charge in [-0.1, -0.05) is 0 Å². The Kier molecular flexibility index (Phi) is 7.87. The number of nitrogens with one attached hydrogen (secondary N) is 2. The number of carbonyl (C=O) groups excluding carboxylic acids is 2. The highest BCUT2D eigenvalue weighted by Crippen LogP contribution is 2.13. The van der Waals surface area contributed by atoms with Crippen LogP contribution in [0.25, 0.3) is 0 Å². The van der Waals surface area contributed by atoms with Gasteiger partial charge in [-0.25, -0.2) is 0 Å². The number of rotatable bonds is 7. The number of carbonyl (C=O) groups is 2. The summed E-state index contributed by atoms with van der Waals surface area (Å²) in [6.07, 6.45) is -0.0550. The average molecular weight is 326 g/mol. The molecule has 0 radical (unpaired) electrons. The van der Waals surface area contributed by atoms with Gasteiger partial charge >= 0.3 is 5.97 Å². The fourth-order valence-corrected chi connectivity index (χ4v) is 1.65. The Morgan fingerprint density at radius 2 is 1.86 bits per heavy atom. The first-order chi connectivity index (χ1) is 10.5. The van der Waals surface area contributed by atoms with Gasteiger partial charge in [0, 0.05) is 19.2 Å². The maximum Gasteiger partial charge on any atom is 0.306 e. The van der Waals surface area contributed by atoms with Gasteiger partial charge in [0.15, 0.2) is 5.11 Å². The molecule has 8 heteroatoms. The molecule has 1 rings (SSSR count). The maximum atomic E-state index is 11.6. The number of benzene rings is 1. The van der Waals surface area contributed by atoms with Gasteiger partial charge in [-0.05, 0) is 36.5 Å². The van der Waals surface area contributed by atoms with E-state index in [1.807, 2.05) is 0 Å². The van der Waals surface area contributed by atoms with Crippen molar-refractivity contribution in [1.82, 2.24) is 5.32 Å². The van der Waals surface area contributed by atoms with E-state index in [-0.39, 0.29) is 36.2 Å². The van der Waals surface area contributed by atoms with Crippen molar-refractivity contribution in [1.29, 1.82) is 0 Å². The van der Waals surface area contributed by atoms with E-state index in [9.17, 15) is 9.59 Å². The van der Waals surface area contributed by atoms with Crippen LogP contribution in [0.1, 0.15) is 12.8 Å². The van der Waals surface area contributed by atoms with Crippen molar-refractivity contribution >= 4 is 34.9 Å². The first-order valence-electron chi connectivity index (χ1n) is 6.55. The van der Waals surface area contributed by atoms with Crippen molar-refractivity contribution in [2.45, 2.75) is 12.8 Å². The van der Waals surface area contributed by atoms with Crippen LogP contribution in [0.2, 0.25) is 0 Å². The van der Waals surface area contributed by atoms with Crippen molar-refractivity contribution in [2.75, 3.05) is 25.6 Å². The highest BCUT2D eigenvalue weighted by molar-refractivity contribution is 7.80. The van der Waals surface area contributed by atoms with E-state index in [4.69, 9.17) is 26.8 Å². The summed E-state index contributed by atoms with van der Waals surface area (Å²) < 4.78 is 9.57. The smallest absolute Gasteiger partial charge is 0.306 e. The van der Waals surface area contributed by atoms with Crippen LogP contribution in [0, 0.1) is 0 Å². The number of phenolic OH excluding ortho intramolecular Hbond substituents is 1. The Morgan fingerprint density at radius 3 is 2.50 bits per heavy atom. The van der Waals surface area contributed by atoms with Gasteiger partial charge in [-0.15, -0.1) is 0 Å². The quantitative estimate of drug-likeness (QED) is 0.299. The van der Waals surface area contributed by atoms with E-state index in [2.05, 4.69) is 10.6 Å². The summed E-state index contributed by atoms with van der Waals surface area (Å²) in [5.41, 5.74) is 0.627. The lowest BCUT2D eigenvalue weighted by Crippen LogP contribution is -2.34. The van der Waals surface area contributed by atoms with E-state index in [1.165, 1.54) is 19.2 Å². The Hall–Kier alpha value is -2.19. The van der Waals surface area contributed by atoms with Crippen molar-refractivity contribution in [2.24, 2.45) is 0 Å². The summed E-state index contributed by atoms with van der Waals surface area (Å²) in [4.78, 5) is 22.9. The third-order valence-electron chi connectivity index (χ3n) is 2.48. The molecule has 0 heterocycles. The minimum atomic E-state index is -0.468. The van der Waals surface area contributed by atoms with E-state index in [0.717, 1.165) is 0 Å². The van der Waals surface area contributed by atoms with Crippen molar-refractivity contribution < 1.29 is 24.2 Å². The number of hydrogen-bond donors (Lipinski definition) is 3. The molecular weight excluding hydrogens is 308 g/mol. The van der Waals surface area contributed by atoms with Crippen LogP contribution < -0.4 is 10.6 Å². The van der Waals surface area contributed by atoms with Crippen molar-refractivity contribution in [3.05, 3.63) is 24.3 Å². The summed E-state index contributed by atoms with van der Waals surface area (Å²) in [7, 11) is 1.50. The van der Waals surface area contributed by atoms with E-state index < -0.39 is 5.97 Å². The fraction of sp³-hybridized carbons (Fsp3) is 0.357. The molecule has 120 valence electrons. The summed E-state index contributed by atoms with van der Waals surface area (Å²) in [5, 5.41) is 14.5. The molecule has 0 unspecified atom stereocenters. The van der Waals surface area contributed by atoms with E-state index in [1.54, 1.807) is 12.1 Å². The van der Waals surface area contributed by atoms with Crippen LogP contribution in [-0.2, 0) is 19.1 Å².